The minimum atomic E-state index is 0. The van der Waals surface area contributed by atoms with Crippen LogP contribution in [-0.4, -0.2) is 13.1 Å². The van der Waals surface area contributed by atoms with E-state index >= 15 is 0 Å². The molecule has 86 valence electrons. The van der Waals surface area contributed by atoms with Crippen molar-refractivity contribution in [2.24, 2.45) is 0 Å². The SMILES string of the molecule is CCNN(NCC)c1ccc(N)cc1.Cl. The lowest BCUT2D eigenvalue weighted by molar-refractivity contribution is 0.550. The standard InChI is InChI=1S/C10H18N4.ClH/c1-3-12-14(13-4-2)10-7-5-9(11)6-8-10;/h5-8,12-13H,3-4,11H2,1-2H3;1H. The van der Waals surface area contributed by atoms with Crippen LogP contribution in [0, 0.1) is 0 Å². The predicted molar refractivity (Wildman–Crippen MR) is 67.9 cm³/mol. The number of rotatable bonds is 5. The minimum Gasteiger partial charge on any atom is -0.399 e. The maximum Gasteiger partial charge on any atom is 0.0703 e. The van der Waals surface area contributed by atoms with Crippen molar-refractivity contribution >= 4 is 23.8 Å². The number of nitrogen functional groups attached to an aromatic ring is 1. The molecule has 0 saturated heterocycles. The van der Waals surface area contributed by atoms with Crippen LogP contribution in [0.2, 0.25) is 0 Å². The largest absolute Gasteiger partial charge is 0.399 e. The monoisotopic (exact) mass is 230 g/mol. The highest BCUT2D eigenvalue weighted by Gasteiger charge is 2.01. The van der Waals surface area contributed by atoms with Gasteiger partial charge in [0.2, 0.25) is 0 Å². The molecule has 5 heteroatoms. The first-order valence-electron chi connectivity index (χ1n) is 4.90. The van der Waals surface area contributed by atoms with Gasteiger partial charge in [-0.25, -0.2) is 16.0 Å². The van der Waals surface area contributed by atoms with Crippen LogP contribution in [0.15, 0.2) is 24.3 Å². The van der Waals surface area contributed by atoms with Crippen LogP contribution in [0.1, 0.15) is 13.8 Å². The van der Waals surface area contributed by atoms with Crippen molar-refractivity contribution in [2.45, 2.75) is 13.8 Å². The van der Waals surface area contributed by atoms with Crippen LogP contribution in [0.25, 0.3) is 0 Å². The van der Waals surface area contributed by atoms with Crippen molar-refractivity contribution in [3.63, 3.8) is 0 Å². The van der Waals surface area contributed by atoms with Gasteiger partial charge in [-0.1, -0.05) is 13.8 Å². The van der Waals surface area contributed by atoms with Gasteiger partial charge in [0.05, 0.1) is 5.69 Å². The zero-order valence-electron chi connectivity index (χ0n) is 9.16. The van der Waals surface area contributed by atoms with E-state index in [0.717, 1.165) is 24.5 Å². The zero-order chi connectivity index (χ0) is 10.4. The van der Waals surface area contributed by atoms with E-state index in [4.69, 9.17) is 5.73 Å². The van der Waals surface area contributed by atoms with E-state index in [1.54, 1.807) is 0 Å². The Bertz CT molecular complexity index is 257. The van der Waals surface area contributed by atoms with E-state index in [1.807, 2.05) is 29.4 Å². The normalized spacial score (nSPS) is 9.47. The van der Waals surface area contributed by atoms with Gasteiger partial charge < -0.3 is 5.73 Å². The fourth-order valence-electron chi connectivity index (χ4n) is 1.18. The fraction of sp³-hybridized carbons (Fsp3) is 0.400. The van der Waals surface area contributed by atoms with Crippen LogP contribution in [0.5, 0.6) is 0 Å². The minimum absolute atomic E-state index is 0. The van der Waals surface area contributed by atoms with Gasteiger partial charge in [-0.05, 0) is 24.3 Å². The molecule has 0 aliphatic heterocycles. The Morgan fingerprint density at radius 2 is 1.53 bits per heavy atom. The molecule has 4 N–H and O–H groups in total. The Morgan fingerprint density at radius 3 is 1.93 bits per heavy atom. The van der Waals surface area contributed by atoms with Crippen molar-refractivity contribution in [3.05, 3.63) is 24.3 Å². The maximum atomic E-state index is 5.62. The van der Waals surface area contributed by atoms with E-state index in [1.165, 1.54) is 0 Å². The Balaban J connectivity index is 0.00000196. The summed E-state index contributed by atoms with van der Waals surface area (Å²) in [7, 11) is 0. The number of anilines is 2. The first kappa shape index (κ1) is 14.0. The zero-order valence-corrected chi connectivity index (χ0v) is 9.97. The summed E-state index contributed by atoms with van der Waals surface area (Å²) in [5.74, 6) is 0. The highest BCUT2D eigenvalue weighted by molar-refractivity contribution is 5.85. The summed E-state index contributed by atoms with van der Waals surface area (Å²) in [5, 5.41) is 1.90. The van der Waals surface area contributed by atoms with Gasteiger partial charge >= 0.3 is 0 Å². The van der Waals surface area contributed by atoms with Gasteiger partial charge in [0.15, 0.2) is 0 Å². The third-order valence-corrected chi connectivity index (χ3v) is 1.78. The number of hydrazine groups is 2. The summed E-state index contributed by atoms with van der Waals surface area (Å²) in [6.45, 7) is 5.86. The molecule has 0 saturated carbocycles. The first-order chi connectivity index (χ1) is 6.77. The smallest absolute Gasteiger partial charge is 0.0703 e. The highest BCUT2D eigenvalue weighted by atomic mass is 35.5. The molecule has 0 unspecified atom stereocenters. The summed E-state index contributed by atoms with van der Waals surface area (Å²) in [6.07, 6.45) is 0. The molecule has 0 amide bonds. The Kier molecular flexibility index (Phi) is 6.86. The molecule has 0 atom stereocenters. The molecule has 1 rings (SSSR count). The second-order valence-corrected chi connectivity index (χ2v) is 2.95. The number of hydrogen-bond acceptors (Lipinski definition) is 4. The molecule has 0 aromatic heterocycles. The number of halogens is 1. The van der Waals surface area contributed by atoms with Gasteiger partial charge in [-0.3, -0.25) is 0 Å². The van der Waals surface area contributed by atoms with Crippen molar-refractivity contribution in [3.8, 4) is 0 Å². The summed E-state index contributed by atoms with van der Waals surface area (Å²) in [5.41, 5.74) is 13.9. The van der Waals surface area contributed by atoms with Crippen molar-refractivity contribution in [1.82, 2.24) is 10.9 Å². The summed E-state index contributed by atoms with van der Waals surface area (Å²) in [6, 6.07) is 7.72. The van der Waals surface area contributed by atoms with Crippen LogP contribution >= 0.6 is 12.4 Å². The van der Waals surface area contributed by atoms with Crippen molar-refractivity contribution in [1.29, 1.82) is 0 Å². The summed E-state index contributed by atoms with van der Waals surface area (Å²) in [4.78, 5) is 0. The van der Waals surface area contributed by atoms with Crippen molar-refractivity contribution < 1.29 is 0 Å². The second kappa shape index (κ2) is 7.34. The van der Waals surface area contributed by atoms with E-state index in [9.17, 15) is 0 Å². The lowest BCUT2D eigenvalue weighted by Gasteiger charge is -2.24. The molecule has 0 aliphatic rings. The molecule has 1 aromatic rings. The highest BCUT2D eigenvalue weighted by Crippen LogP contribution is 2.12. The molecular weight excluding hydrogens is 212 g/mol. The first-order valence-corrected chi connectivity index (χ1v) is 4.90. The molecule has 0 bridgehead atoms. The van der Waals surface area contributed by atoms with Crippen LogP contribution < -0.4 is 21.7 Å². The average Bonchev–Trinajstić information content (AvgIpc) is 2.19. The molecule has 0 fully saturated rings. The molecule has 0 aliphatic carbocycles. The van der Waals surface area contributed by atoms with Gasteiger partial charge in [-0.15, -0.1) is 12.4 Å². The summed E-state index contributed by atoms with van der Waals surface area (Å²) >= 11 is 0. The maximum absolute atomic E-state index is 5.62. The third-order valence-electron chi connectivity index (χ3n) is 1.78. The molecule has 0 heterocycles. The van der Waals surface area contributed by atoms with E-state index < -0.39 is 0 Å². The molecule has 0 spiro atoms. The van der Waals surface area contributed by atoms with Gasteiger partial charge in [-0.2, -0.15) is 0 Å². The summed E-state index contributed by atoms with van der Waals surface area (Å²) < 4.78 is 0. The Hall–Kier alpha value is -0.970. The lowest BCUT2D eigenvalue weighted by Crippen LogP contribution is -2.48. The van der Waals surface area contributed by atoms with Gasteiger partial charge in [0, 0.05) is 18.8 Å². The topological polar surface area (TPSA) is 53.3 Å². The number of benzene rings is 1. The number of hydrogen-bond donors (Lipinski definition) is 3. The second-order valence-electron chi connectivity index (χ2n) is 2.95. The number of nitrogens with one attached hydrogen (secondary N) is 2. The average molecular weight is 231 g/mol. The third kappa shape index (κ3) is 4.38. The Labute approximate surface area is 97.2 Å². The lowest BCUT2D eigenvalue weighted by atomic mass is 10.3. The molecule has 4 nitrogen and oxygen atoms in total. The predicted octanol–water partition coefficient (Wildman–Crippen LogP) is 1.55. The molecule has 0 radical (unpaired) electrons. The Morgan fingerprint density at radius 1 is 1.07 bits per heavy atom. The van der Waals surface area contributed by atoms with Gasteiger partial charge in [0.1, 0.15) is 0 Å². The van der Waals surface area contributed by atoms with Crippen LogP contribution in [0.3, 0.4) is 0 Å². The van der Waals surface area contributed by atoms with E-state index in [2.05, 4.69) is 24.7 Å². The van der Waals surface area contributed by atoms with Crippen LogP contribution in [-0.2, 0) is 0 Å². The van der Waals surface area contributed by atoms with Crippen molar-refractivity contribution in [2.75, 3.05) is 23.9 Å². The number of nitrogens with two attached hydrogens (primary N) is 1. The van der Waals surface area contributed by atoms with Gasteiger partial charge in [0.25, 0.3) is 0 Å². The van der Waals surface area contributed by atoms with E-state index in [0.29, 0.717) is 0 Å². The number of nitrogens with zero attached hydrogens (tertiary/aromatic N) is 1. The molecule has 1 aromatic carbocycles. The molecule has 15 heavy (non-hydrogen) atoms. The van der Waals surface area contributed by atoms with E-state index in [-0.39, 0.29) is 12.4 Å². The quantitative estimate of drug-likeness (QED) is 0.531. The van der Waals surface area contributed by atoms with Crippen LogP contribution in [0.4, 0.5) is 11.4 Å². The fourth-order valence-corrected chi connectivity index (χ4v) is 1.18. The molecular formula is C10H19ClN4.